The van der Waals surface area contributed by atoms with Gasteiger partial charge in [0.25, 0.3) is 0 Å². The Labute approximate surface area is 122 Å². The van der Waals surface area contributed by atoms with Crippen LogP contribution in [0.15, 0.2) is 24.3 Å². The molecule has 0 spiro atoms. The number of rotatable bonds is 6. The lowest BCUT2D eigenvalue weighted by Crippen LogP contribution is -2.07. The first kappa shape index (κ1) is 14.8. The van der Waals surface area contributed by atoms with Crippen LogP contribution in [0.1, 0.15) is 28.8 Å². The van der Waals surface area contributed by atoms with Crippen molar-refractivity contribution in [1.29, 1.82) is 0 Å². The summed E-state index contributed by atoms with van der Waals surface area (Å²) in [5.74, 6) is -0.596. The highest BCUT2D eigenvalue weighted by molar-refractivity contribution is 5.91. The molecule has 3 N–H and O–H groups in total. The van der Waals surface area contributed by atoms with E-state index in [9.17, 15) is 9.59 Å². The fraction of sp³-hybridized carbons (Fsp3) is 0.267. The first-order valence-corrected chi connectivity index (χ1v) is 6.63. The molecule has 0 aliphatic heterocycles. The van der Waals surface area contributed by atoms with Crippen molar-refractivity contribution in [1.82, 2.24) is 9.78 Å². The van der Waals surface area contributed by atoms with Gasteiger partial charge in [0.05, 0.1) is 5.56 Å². The molecule has 6 heteroatoms. The van der Waals surface area contributed by atoms with Crippen molar-refractivity contribution in [2.75, 3.05) is 5.73 Å². The van der Waals surface area contributed by atoms with Crippen molar-refractivity contribution in [3.8, 4) is 11.3 Å². The van der Waals surface area contributed by atoms with Crippen LogP contribution in [0.4, 0.5) is 5.82 Å². The largest absolute Gasteiger partial charge is 0.481 e. The van der Waals surface area contributed by atoms with Gasteiger partial charge in [-0.05, 0) is 13.3 Å². The van der Waals surface area contributed by atoms with Gasteiger partial charge >= 0.3 is 5.97 Å². The number of nitrogen functional groups attached to an aromatic ring is 1. The molecule has 2 aromatic rings. The predicted octanol–water partition coefficient (Wildman–Crippen LogP) is 2.12. The number of anilines is 1. The summed E-state index contributed by atoms with van der Waals surface area (Å²) in [6.45, 7) is 2.34. The van der Waals surface area contributed by atoms with Crippen LogP contribution in [0, 0.1) is 6.92 Å². The number of carboxylic acid groups (broad SMARTS) is 1. The Kier molecular flexibility index (Phi) is 4.37. The molecule has 0 fully saturated rings. The topological polar surface area (TPSA) is 98.2 Å². The SMILES string of the molecule is Cc1ccc(-c2nn(CCCC(=O)O)c(N)c2C=O)cc1. The molecule has 21 heavy (non-hydrogen) atoms. The Balaban J connectivity index is 2.31. The van der Waals surface area contributed by atoms with Gasteiger partial charge < -0.3 is 10.8 Å². The number of aromatic nitrogens is 2. The van der Waals surface area contributed by atoms with Crippen LogP contribution in [0.2, 0.25) is 0 Å². The number of aldehydes is 1. The third kappa shape index (κ3) is 3.28. The van der Waals surface area contributed by atoms with Crippen LogP contribution in [0.5, 0.6) is 0 Å². The Morgan fingerprint density at radius 2 is 2.05 bits per heavy atom. The number of hydrogen-bond acceptors (Lipinski definition) is 4. The van der Waals surface area contributed by atoms with Crippen molar-refractivity contribution in [3.05, 3.63) is 35.4 Å². The number of aliphatic carboxylic acids is 1. The minimum Gasteiger partial charge on any atom is -0.481 e. The molecule has 0 saturated heterocycles. The summed E-state index contributed by atoms with van der Waals surface area (Å²) in [4.78, 5) is 21.8. The molecule has 0 aliphatic carbocycles. The smallest absolute Gasteiger partial charge is 0.303 e. The van der Waals surface area contributed by atoms with E-state index in [-0.39, 0.29) is 12.2 Å². The molecule has 6 nitrogen and oxygen atoms in total. The number of nitrogens with zero attached hydrogens (tertiary/aromatic N) is 2. The van der Waals surface area contributed by atoms with E-state index in [1.807, 2.05) is 31.2 Å². The summed E-state index contributed by atoms with van der Waals surface area (Å²) < 4.78 is 1.49. The Bertz CT molecular complexity index is 660. The van der Waals surface area contributed by atoms with E-state index in [2.05, 4.69) is 5.10 Å². The van der Waals surface area contributed by atoms with E-state index >= 15 is 0 Å². The average molecular weight is 287 g/mol. The highest BCUT2D eigenvalue weighted by Gasteiger charge is 2.16. The van der Waals surface area contributed by atoms with Crippen LogP contribution in [-0.2, 0) is 11.3 Å². The Morgan fingerprint density at radius 1 is 1.38 bits per heavy atom. The highest BCUT2D eigenvalue weighted by atomic mass is 16.4. The summed E-state index contributed by atoms with van der Waals surface area (Å²) in [7, 11) is 0. The predicted molar refractivity (Wildman–Crippen MR) is 79.1 cm³/mol. The van der Waals surface area contributed by atoms with Gasteiger partial charge in [0.15, 0.2) is 6.29 Å². The number of hydrogen-bond donors (Lipinski definition) is 2. The van der Waals surface area contributed by atoms with Crippen molar-refractivity contribution in [3.63, 3.8) is 0 Å². The van der Waals surface area contributed by atoms with Crippen LogP contribution < -0.4 is 5.73 Å². The zero-order valence-corrected chi connectivity index (χ0v) is 11.7. The lowest BCUT2D eigenvalue weighted by atomic mass is 10.1. The maximum absolute atomic E-state index is 11.3. The van der Waals surface area contributed by atoms with Gasteiger partial charge in [-0.1, -0.05) is 29.8 Å². The maximum Gasteiger partial charge on any atom is 0.303 e. The molecule has 0 amide bonds. The van der Waals surface area contributed by atoms with E-state index in [1.165, 1.54) is 4.68 Å². The summed E-state index contributed by atoms with van der Waals surface area (Å²) in [5, 5.41) is 13.0. The number of aryl methyl sites for hydroxylation is 2. The Hall–Kier alpha value is -2.63. The van der Waals surface area contributed by atoms with Gasteiger partial charge in [-0.25, -0.2) is 4.68 Å². The molecule has 0 aliphatic rings. The molecule has 1 aromatic heterocycles. The second-order valence-corrected chi connectivity index (χ2v) is 4.85. The van der Waals surface area contributed by atoms with E-state index in [1.54, 1.807) is 0 Å². The van der Waals surface area contributed by atoms with Gasteiger partial charge in [0.1, 0.15) is 11.5 Å². The van der Waals surface area contributed by atoms with Gasteiger partial charge in [-0.15, -0.1) is 0 Å². The number of carboxylic acids is 1. The minimum atomic E-state index is -0.866. The summed E-state index contributed by atoms with van der Waals surface area (Å²) in [5.41, 5.74) is 8.71. The normalized spacial score (nSPS) is 10.5. The molecule has 0 atom stereocenters. The van der Waals surface area contributed by atoms with Crippen molar-refractivity contribution in [2.24, 2.45) is 0 Å². The van der Waals surface area contributed by atoms with Crippen molar-refractivity contribution in [2.45, 2.75) is 26.3 Å². The van der Waals surface area contributed by atoms with Gasteiger partial charge in [-0.3, -0.25) is 9.59 Å². The van der Waals surface area contributed by atoms with Crippen molar-refractivity contribution < 1.29 is 14.7 Å². The molecule has 110 valence electrons. The van der Waals surface area contributed by atoms with Crippen LogP contribution in [0.25, 0.3) is 11.3 Å². The molecular weight excluding hydrogens is 270 g/mol. The van der Waals surface area contributed by atoms with Crippen LogP contribution in [-0.4, -0.2) is 27.1 Å². The molecule has 1 heterocycles. The monoisotopic (exact) mass is 287 g/mol. The molecule has 2 rings (SSSR count). The first-order valence-electron chi connectivity index (χ1n) is 6.63. The van der Waals surface area contributed by atoms with Gasteiger partial charge in [0.2, 0.25) is 0 Å². The maximum atomic E-state index is 11.3. The standard InChI is InChI=1S/C15H17N3O3/c1-10-4-6-11(7-5-10)14-12(9-19)15(16)18(17-14)8-2-3-13(20)21/h4-7,9H,2-3,8,16H2,1H3,(H,20,21). The summed E-state index contributed by atoms with van der Waals surface area (Å²) in [6.07, 6.45) is 1.13. The number of nitrogens with two attached hydrogens (primary N) is 1. The fourth-order valence-electron chi connectivity index (χ4n) is 2.08. The third-order valence-corrected chi connectivity index (χ3v) is 3.23. The lowest BCUT2D eigenvalue weighted by Gasteiger charge is -2.02. The lowest BCUT2D eigenvalue weighted by molar-refractivity contribution is -0.137. The first-order chi connectivity index (χ1) is 10.0. The molecule has 0 bridgehead atoms. The molecule has 0 radical (unpaired) electrons. The molecule has 1 aromatic carbocycles. The fourth-order valence-corrected chi connectivity index (χ4v) is 2.08. The second kappa shape index (κ2) is 6.21. The second-order valence-electron chi connectivity index (χ2n) is 4.85. The summed E-state index contributed by atoms with van der Waals surface area (Å²) in [6, 6.07) is 7.63. The number of benzene rings is 1. The minimum absolute atomic E-state index is 0.0373. The number of carbonyl (C=O) groups is 2. The van der Waals surface area contributed by atoms with E-state index < -0.39 is 5.97 Å². The molecule has 0 unspecified atom stereocenters. The Morgan fingerprint density at radius 3 is 2.62 bits per heavy atom. The van der Waals surface area contributed by atoms with Crippen LogP contribution in [0.3, 0.4) is 0 Å². The zero-order chi connectivity index (χ0) is 15.4. The molecular formula is C15H17N3O3. The van der Waals surface area contributed by atoms with Gasteiger partial charge in [0, 0.05) is 18.5 Å². The number of carbonyl (C=O) groups excluding carboxylic acids is 1. The van der Waals surface area contributed by atoms with Crippen LogP contribution >= 0.6 is 0 Å². The van der Waals surface area contributed by atoms with Crippen molar-refractivity contribution >= 4 is 18.1 Å². The quantitative estimate of drug-likeness (QED) is 0.793. The third-order valence-electron chi connectivity index (χ3n) is 3.23. The van der Waals surface area contributed by atoms with Gasteiger partial charge in [-0.2, -0.15) is 5.10 Å². The molecule has 0 saturated carbocycles. The zero-order valence-electron chi connectivity index (χ0n) is 11.7. The summed E-state index contributed by atoms with van der Waals surface area (Å²) >= 11 is 0. The average Bonchev–Trinajstić information content (AvgIpc) is 2.76. The van der Waals surface area contributed by atoms with E-state index in [0.717, 1.165) is 11.1 Å². The van der Waals surface area contributed by atoms with E-state index in [4.69, 9.17) is 10.8 Å². The highest BCUT2D eigenvalue weighted by Crippen LogP contribution is 2.26. The van der Waals surface area contributed by atoms with E-state index in [0.29, 0.717) is 30.5 Å².